The zero-order valence-corrected chi connectivity index (χ0v) is 18.1. The first-order valence-corrected chi connectivity index (χ1v) is 11.3. The zero-order valence-electron chi connectivity index (χ0n) is 18.1. The highest BCUT2D eigenvalue weighted by Crippen LogP contribution is 2.33. The lowest BCUT2D eigenvalue weighted by Crippen LogP contribution is -2.41. The quantitative estimate of drug-likeness (QED) is 0.431. The minimum absolute atomic E-state index is 0.0851. The van der Waals surface area contributed by atoms with Crippen LogP contribution in [0.5, 0.6) is 0 Å². The van der Waals surface area contributed by atoms with Crippen LogP contribution in [0.25, 0.3) is 5.69 Å². The molecule has 1 amide bonds. The summed E-state index contributed by atoms with van der Waals surface area (Å²) in [7, 11) is 0. The van der Waals surface area contributed by atoms with E-state index in [9.17, 15) is 4.79 Å². The van der Waals surface area contributed by atoms with Gasteiger partial charge in [0.25, 0.3) is 0 Å². The molecule has 4 aromatic rings. The molecule has 4 heteroatoms. The van der Waals surface area contributed by atoms with Gasteiger partial charge in [-0.2, -0.15) is 5.10 Å². The van der Waals surface area contributed by atoms with Crippen LogP contribution in [0.2, 0.25) is 0 Å². The Morgan fingerprint density at radius 1 is 0.875 bits per heavy atom. The second-order valence-corrected chi connectivity index (χ2v) is 8.37. The van der Waals surface area contributed by atoms with Gasteiger partial charge in [0.1, 0.15) is 0 Å². The number of carbonyl (C=O) groups excluding carboxylic acids is 1. The van der Waals surface area contributed by atoms with Crippen molar-refractivity contribution in [3.63, 3.8) is 0 Å². The number of aryl methyl sites for hydroxylation is 1. The molecule has 5 rings (SSSR count). The molecule has 2 heterocycles. The molecule has 0 saturated heterocycles. The second kappa shape index (κ2) is 9.23. The van der Waals surface area contributed by atoms with E-state index in [1.165, 1.54) is 16.7 Å². The van der Waals surface area contributed by atoms with Gasteiger partial charge < -0.3 is 4.90 Å². The molecule has 0 N–H and O–H groups in total. The monoisotopic (exact) mass is 421 g/mol. The maximum Gasteiger partial charge on any atom is 0.223 e. The summed E-state index contributed by atoms with van der Waals surface area (Å²) in [6.07, 6.45) is 6.84. The van der Waals surface area contributed by atoms with Crippen LogP contribution in [-0.4, -0.2) is 27.1 Å². The Bertz CT molecular complexity index is 1180. The van der Waals surface area contributed by atoms with Crippen LogP contribution in [0.3, 0.4) is 0 Å². The molecule has 4 nitrogen and oxygen atoms in total. The average molecular weight is 422 g/mol. The molecule has 1 aliphatic heterocycles. The van der Waals surface area contributed by atoms with Crippen molar-refractivity contribution in [3.8, 4) is 5.69 Å². The number of benzene rings is 3. The van der Waals surface area contributed by atoms with Gasteiger partial charge >= 0.3 is 0 Å². The molecule has 1 aliphatic rings. The minimum Gasteiger partial charge on any atom is -0.335 e. The molecule has 1 atom stereocenters. The smallest absolute Gasteiger partial charge is 0.223 e. The molecular formula is C28H27N3O. The van der Waals surface area contributed by atoms with E-state index in [0.717, 1.165) is 30.6 Å². The Morgan fingerprint density at radius 3 is 2.41 bits per heavy atom. The number of hydrogen-bond acceptors (Lipinski definition) is 2. The van der Waals surface area contributed by atoms with Crippen molar-refractivity contribution < 1.29 is 4.79 Å². The molecule has 1 unspecified atom stereocenters. The Labute approximate surface area is 189 Å². The molecule has 0 aliphatic carbocycles. The number of para-hydroxylation sites is 1. The normalized spacial score (nSPS) is 15.4. The summed E-state index contributed by atoms with van der Waals surface area (Å²) in [5.74, 6) is 0.216. The number of amides is 1. The van der Waals surface area contributed by atoms with E-state index in [1.807, 2.05) is 53.5 Å². The zero-order chi connectivity index (χ0) is 21.8. The largest absolute Gasteiger partial charge is 0.335 e. The third kappa shape index (κ3) is 4.35. The molecule has 0 radical (unpaired) electrons. The number of fused-ring (bicyclic) bond motifs is 1. The number of carbonyl (C=O) groups is 1. The number of aromatic nitrogens is 2. The second-order valence-electron chi connectivity index (χ2n) is 8.37. The summed E-state index contributed by atoms with van der Waals surface area (Å²) in [5.41, 5.74) is 6.02. The third-order valence-corrected chi connectivity index (χ3v) is 6.29. The standard InChI is InChI=1S/C28H27N3O/c32-28(16-15-23-20-29-31(21-23)25-12-5-2-6-13-25)30-18-17-24-11-7-8-14-26(24)27(30)19-22-9-3-1-4-10-22/h1-14,20-21,27H,15-19H2. The Morgan fingerprint density at radius 2 is 1.59 bits per heavy atom. The van der Waals surface area contributed by atoms with Gasteiger partial charge in [-0.1, -0.05) is 72.8 Å². The van der Waals surface area contributed by atoms with Gasteiger partial charge in [-0.05, 0) is 53.6 Å². The van der Waals surface area contributed by atoms with Crippen molar-refractivity contribution >= 4 is 5.91 Å². The molecule has 0 bridgehead atoms. The first-order chi connectivity index (χ1) is 15.8. The fourth-order valence-electron chi connectivity index (χ4n) is 4.61. The average Bonchev–Trinajstić information content (AvgIpc) is 3.33. The summed E-state index contributed by atoms with van der Waals surface area (Å²) in [6, 6.07) is 29.2. The highest BCUT2D eigenvalue weighted by molar-refractivity contribution is 5.77. The van der Waals surface area contributed by atoms with Crippen molar-refractivity contribution in [2.75, 3.05) is 6.54 Å². The third-order valence-electron chi connectivity index (χ3n) is 6.29. The van der Waals surface area contributed by atoms with E-state index in [0.29, 0.717) is 12.8 Å². The maximum absolute atomic E-state index is 13.4. The molecule has 3 aromatic carbocycles. The van der Waals surface area contributed by atoms with E-state index in [-0.39, 0.29) is 11.9 Å². The van der Waals surface area contributed by atoms with Crippen LogP contribution in [-0.2, 0) is 24.1 Å². The first kappa shape index (κ1) is 20.3. The van der Waals surface area contributed by atoms with Crippen LogP contribution in [0.1, 0.15) is 34.7 Å². The lowest BCUT2D eigenvalue weighted by Gasteiger charge is -2.38. The van der Waals surface area contributed by atoms with Gasteiger partial charge in [0, 0.05) is 19.2 Å². The predicted molar refractivity (Wildman–Crippen MR) is 127 cm³/mol. The van der Waals surface area contributed by atoms with E-state index in [1.54, 1.807) is 0 Å². The summed E-state index contributed by atoms with van der Waals surface area (Å²) < 4.78 is 1.87. The van der Waals surface area contributed by atoms with Crippen molar-refractivity contribution in [3.05, 3.63) is 120 Å². The molecule has 0 saturated carbocycles. The fourth-order valence-corrected chi connectivity index (χ4v) is 4.61. The van der Waals surface area contributed by atoms with Crippen molar-refractivity contribution in [2.45, 2.75) is 31.7 Å². The topological polar surface area (TPSA) is 38.1 Å². The lowest BCUT2D eigenvalue weighted by atomic mass is 9.88. The predicted octanol–water partition coefficient (Wildman–Crippen LogP) is 5.17. The van der Waals surface area contributed by atoms with Crippen LogP contribution in [0, 0.1) is 0 Å². The molecular weight excluding hydrogens is 394 g/mol. The van der Waals surface area contributed by atoms with Crippen molar-refractivity contribution in [1.29, 1.82) is 0 Å². The Hall–Kier alpha value is -3.66. The van der Waals surface area contributed by atoms with Crippen LogP contribution >= 0.6 is 0 Å². The number of nitrogens with zero attached hydrogens (tertiary/aromatic N) is 3. The summed E-state index contributed by atoms with van der Waals surface area (Å²) >= 11 is 0. The Kier molecular flexibility index (Phi) is 5.84. The van der Waals surface area contributed by atoms with E-state index in [4.69, 9.17) is 0 Å². The van der Waals surface area contributed by atoms with Gasteiger partial charge in [0.2, 0.25) is 5.91 Å². The highest BCUT2D eigenvalue weighted by atomic mass is 16.2. The SMILES string of the molecule is O=C(CCc1cnn(-c2ccccc2)c1)N1CCc2ccccc2C1Cc1ccccc1. The van der Waals surface area contributed by atoms with E-state index >= 15 is 0 Å². The lowest BCUT2D eigenvalue weighted by molar-refractivity contribution is -0.134. The molecule has 0 spiro atoms. The number of rotatable bonds is 6. The molecule has 0 fully saturated rings. The number of hydrogen-bond donors (Lipinski definition) is 0. The highest BCUT2D eigenvalue weighted by Gasteiger charge is 2.30. The van der Waals surface area contributed by atoms with Crippen molar-refractivity contribution in [1.82, 2.24) is 14.7 Å². The van der Waals surface area contributed by atoms with Crippen LogP contribution < -0.4 is 0 Å². The Balaban J connectivity index is 1.31. The van der Waals surface area contributed by atoms with Gasteiger partial charge in [0.15, 0.2) is 0 Å². The summed E-state index contributed by atoms with van der Waals surface area (Å²) in [6.45, 7) is 0.774. The summed E-state index contributed by atoms with van der Waals surface area (Å²) in [4.78, 5) is 15.5. The molecule has 160 valence electrons. The molecule has 1 aromatic heterocycles. The summed E-state index contributed by atoms with van der Waals surface area (Å²) in [5, 5.41) is 4.47. The first-order valence-electron chi connectivity index (χ1n) is 11.3. The van der Waals surface area contributed by atoms with E-state index in [2.05, 4.69) is 58.5 Å². The molecule has 32 heavy (non-hydrogen) atoms. The van der Waals surface area contributed by atoms with Crippen LogP contribution in [0.4, 0.5) is 0 Å². The van der Waals surface area contributed by atoms with Crippen LogP contribution in [0.15, 0.2) is 97.3 Å². The maximum atomic E-state index is 13.4. The fraction of sp³-hybridized carbons (Fsp3) is 0.214. The van der Waals surface area contributed by atoms with Gasteiger partial charge in [-0.3, -0.25) is 4.79 Å². The van der Waals surface area contributed by atoms with Gasteiger partial charge in [0.05, 0.1) is 17.9 Å². The van der Waals surface area contributed by atoms with E-state index < -0.39 is 0 Å². The van der Waals surface area contributed by atoms with Crippen molar-refractivity contribution in [2.24, 2.45) is 0 Å². The van der Waals surface area contributed by atoms with Gasteiger partial charge in [-0.15, -0.1) is 0 Å². The minimum atomic E-state index is 0.0851. The van der Waals surface area contributed by atoms with Gasteiger partial charge in [-0.25, -0.2) is 4.68 Å².